The van der Waals surface area contributed by atoms with Crippen molar-refractivity contribution in [2.75, 3.05) is 0 Å². The van der Waals surface area contributed by atoms with Gasteiger partial charge in [0.25, 0.3) is 0 Å². The molecule has 0 amide bonds. The molecule has 6 rings (SSSR count). The average Bonchev–Trinajstić information content (AvgIpc) is 3.33. The van der Waals surface area contributed by atoms with Gasteiger partial charge in [-0.15, -0.1) is 0 Å². The highest BCUT2D eigenvalue weighted by Crippen LogP contribution is 2.51. The van der Waals surface area contributed by atoms with Crippen molar-refractivity contribution in [1.82, 2.24) is 24.7 Å². The maximum absolute atomic E-state index is 13.4. The Bertz CT molecular complexity index is 1580. The summed E-state index contributed by atoms with van der Waals surface area (Å²) in [5, 5.41) is 14.7. The number of nitriles is 1. The molecule has 3 aromatic heterocycles. The SMILES string of the molecule is C[C@H]1C(=O)C(C#N)=C[C@@]2(C)c3c(c(-c4ccncn4)nn3-c3ccc(-c4ccc(F)cc4)cn3)CC[C@H]12. The van der Waals surface area contributed by atoms with Crippen molar-refractivity contribution < 1.29 is 9.18 Å². The number of Topliss-reactive ketones (excluding diaryl/α,β-unsaturated/α-hetero) is 1. The van der Waals surface area contributed by atoms with Crippen LogP contribution in [0, 0.1) is 29.0 Å². The van der Waals surface area contributed by atoms with Gasteiger partial charge >= 0.3 is 0 Å². The first-order valence-electron chi connectivity index (χ1n) is 12.2. The van der Waals surface area contributed by atoms with E-state index in [1.807, 2.05) is 35.9 Å². The van der Waals surface area contributed by atoms with E-state index in [-0.39, 0.29) is 29.0 Å². The standard InChI is InChI=1S/C29H23FN6O/c1-17-23-9-8-22-26(24-11-12-32-16-34-24)35-36(28(22)29(23,2)13-20(14-31)27(17)37)25-10-5-19(15-33-25)18-3-6-21(30)7-4-18/h3-7,10-13,15-17,23H,8-9H2,1-2H3/t17-,23-,29-/m1/s1. The van der Waals surface area contributed by atoms with Crippen molar-refractivity contribution in [3.05, 3.63) is 89.9 Å². The first kappa shape index (κ1) is 22.9. The van der Waals surface area contributed by atoms with Crippen molar-refractivity contribution in [3.63, 3.8) is 0 Å². The number of halogens is 1. The highest BCUT2D eigenvalue weighted by molar-refractivity contribution is 6.02. The molecule has 3 heterocycles. The number of allylic oxidation sites excluding steroid dienone is 2. The molecule has 2 aliphatic carbocycles. The minimum absolute atomic E-state index is 0.0248. The zero-order valence-electron chi connectivity index (χ0n) is 20.4. The van der Waals surface area contributed by atoms with E-state index in [4.69, 9.17) is 10.1 Å². The minimum Gasteiger partial charge on any atom is -0.293 e. The molecule has 0 fully saturated rings. The fourth-order valence-corrected chi connectivity index (χ4v) is 5.97. The molecule has 182 valence electrons. The Balaban J connectivity index is 1.55. The Labute approximate surface area is 213 Å². The predicted octanol–water partition coefficient (Wildman–Crippen LogP) is 5.02. The number of benzene rings is 1. The van der Waals surface area contributed by atoms with E-state index in [1.54, 1.807) is 24.5 Å². The summed E-state index contributed by atoms with van der Waals surface area (Å²) in [7, 11) is 0. The van der Waals surface area contributed by atoms with Crippen LogP contribution in [-0.4, -0.2) is 30.5 Å². The van der Waals surface area contributed by atoms with Crippen LogP contribution in [0.3, 0.4) is 0 Å². The third-order valence-corrected chi connectivity index (χ3v) is 7.78. The number of pyridine rings is 1. The number of aromatic nitrogens is 5. The predicted molar refractivity (Wildman–Crippen MR) is 135 cm³/mol. The number of fused-ring (bicyclic) bond motifs is 3. The van der Waals surface area contributed by atoms with Crippen molar-refractivity contribution in [3.8, 4) is 34.4 Å². The first-order valence-corrected chi connectivity index (χ1v) is 12.2. The van der Waals surface area contributed by atoms with E-state index in [9.17, 15) is 14.4 Å². The number of carbonyl (C=O) groups excluding carboxylic acids is 1. The quantitative estimate of drug-likeness (QED) is 0.400. The molecule has 2 aliphatic rings. The Hall–Kier alpha value is -4.51. The third-order valence-electron chi connectivity index (χ3n) is 7.78. The van der Waals surface area contributed by atoms with Gasteiger partial charge in [0.05, 0.1) is 17.0 Å². The molecule has 0 saturated carbocycles. The van der Waals surface area contributed by atoms with Gasteiger partial charge in [-0.25, -0.2) is 24.0 Å². The van der Waals surface area contributed by atoms with Crippen LogP contribution in [0.5, 0.6) is 0 Å². The summed E-state index contributed by atoms with van der Waals surface area (Å²) >= 11 is 0. The van der Waals surface area contributed by atoms with Gasteiger partial charge in [-0.3, -0.25) is 4.79 Å². The largest absolute Gasteiger partial charge is 0.293 e. The minimum atomic E-state index is -0.596. The molecule has 0 N–H and O–H groups in total. The molecule has 1 aromatic carbocycles. The molecule has 37 heavy (non-hydrogen) atoms. The molecule has 0 saturated heterocycles. The van der Waals surface area contributed by atoms with Crippen molar-refractivity contribution in [2.45, 2.75) is 32.1 Å². The fraction of sp³-hybridized carbons (Fsp3) is 0.241. The molecule has 7 nitrogen and oxygen atoms in total. The fourth-order valence-electron chi connectivity index (χ4n) is 5.97. The molecule has 0 aliphatic heterocycles. The lowest BCUT2D eigenvalue weighted by Crippen LogP contribution is -2.46. The monoisotopic (exact) mass is 490 g/mol. The summed E-state index contributed by atoms with van der Waals surface area (Å²) in [6, 6.07) is 14.0. The summed E-state index contributed by atoms with van der Waals surface area (Å²) in [6.45, 7) is 4.01. The zero-order valence-corrected chi connectivity index (χ0v) is 20.4. The number of rotatable bonds is 3. The summed E-state index contributed by atoms with van der Waals surface area (Å²) in [6.07, 6.45) is 8.28. The van der Waals surface area contributed by atoms with Crippen LogP contribution in [0.2, 0.25) is 0 Å². The maximum Gasteiger partial charge on any atom is 0.176 e. The van der Waals surface area contributed by atoms with Crippen LogP contribution in [0.25, 0.3) is 28.3 Å². The molecule has 4 aromatic rings. The Morgan fingerprint density at radius 1 is 1.11 bits per heavy atom. The van der Waals surface area contributed by atoms with Gasteiger partial charge in [-0.1, -0.05) is 32.1 Å². The molecule has 8 heteroatoms. The van der Waals surface area contributed by atoms with Crippen LogP contribution >= 0.6 is 0 Å². The lowest BCUT2D eigenvalue weighted by Gasteiger charge is -2.45. The van der Waals surface area contributed by atoms with Crippen LogP contribution in [0.15, 0.2) is 72.8 Å². The molecule has 0 spiro atoms. The molecular weight excluding hydrogens is 467 g/mol. The Morgan fingerprint density at radius 3 is 2.57 bits per heavy atom. The average molecular weight is 491 g/mol. The van der Waals surface area contributed by atoms with Crippen LogP contribution in [0.1, 0.15) is 31.5 Å². The van der Waals surface area contributed by atoms with E-state index in [0.717, 1.165) is 40.9 Å². The Morgan fingerprint density at radius 2 is 1.89 bits per heavy atom. The second-order valence-electron chi connectivity index (χ2n) is 9.84. The van der Waals surface area contributed by atoms with E-state index in [0.29, 0.717) is 11.5 Å². The summed E-state index contributed by atoms with van der Waals surface area (Å²) in [5.74, 6) is -0.0335. The van der Waals surface area contributed by atoms with E-state index in [2.05, 4.69) is 23.0 Å². The van der Waals surface area contributed by atoms with Gasteiger partial charge in [0.15, 0.2) is 11.6 Å². The second kappa shape index (κ2) is 8.56. The second-order valence-corrected chi connectivity index (χ2v) is 9.84. The molecule has 0 bridgehead atoms. The number of nitrogens with zero attached hydrogens (tertiary/aromatic N) is 6. The Kier molecular flexibility index (Phi) is 5.30. The summed E-state index contributed by atoms with van der Waals surface area (Å²) < 4.78 is 15.2. The van der Waals surface area contributed by atoms with Gasteiger partial charge < -0.3 is 0 Å². The van der Waals surface area contributed by atoms with Gasteiger partial charge in [-0.05, 0) is 54.7 Å². The molecule has 0 unspecified atom stereocenters. The lowest BCUT2D eigenvalue weighted by molar-refractivity contribution is -0.121. The van der Waals surface area contributed by atoms with E-state index >= 15 is 0 Å². The highest BCUT2D eigenvalue weighted by Gasteiger charge is 2.51. The number of carbonyl (C=O) groups is 1. The van der Waals surface area contributed by atoms with Crippen LogP contribution in [0.4, 0.5) is 4.39 Å². The van der Waals surface area contributed by atoms with Crippen molar-refractivity contribution >= 4 is 5.78 Å². The summed E-state index contributed by atoms with van der Waals surface area (Å²) in [5.41, 5.74) is 4.73. The zero-order chi connectivity index (χ0) is 25.7. The van der Waals surface area contributed by atoms with E-state index in [1.165, 1.54) is 18.5 Å². The normalized spacial score (nSPS) is 22.5. The van der Waals surface area contributed by atoms with Crippen LogP contribution < -0.4 is 0 Å². The van der Waals surface area contributed by atoms with Gasteiger partial charge in [0.1, 0.15) is 23.9 Å². The summed E-state index contributed by atoms with van der Waals surface area (Å²) in [4.78, 5) is 26.1. The van der Waals surface area contributed by atoms with Gasteiger partial charge in [0, 0.05) is 34.9 Å². The number of hydrogen-bond acceptors (Lipinski definition) is 6. The smallest absolute Gasteiger partial charge is 0.176 e. The van der Waals surface area contributed by atoms with Gasteiger partial charge in [-0.2, -0.15) is 10.4 Å². The highest BCUT2D eigenvalue weighted by atomic mass is 19.1. The topological polar surface area (TPSA) is 97.4 Å². The van der Waals surface area contributed by atoms with E-state index < -0.39 is 5.41 Å². The molecule has 0 radical (unpaired) electrons. The van der Waals surface area contributed by atoms with Crippen molar-refractivity contribution in [2.24, 2.45) is 11.8 Å². The number of ketones is 1. The number of hydrogen-bond donors (Lipinski definition) is 0. The third kappa shape index (κ3) is 3.58. The first-order chi connectivity index (χ1) is 17.9. The van der Waals surface area contributed by atoms with Gasteiger partial charge in [0.2, 0.25) is 0 Å². The lowest BCUT2D eigenvalue weighted by atomic mass is 9.58. The van der Waals surface area contributed by atoms with Crippen LogP contribution in [-0.2, 0) is 16.6 Å². The molecular formula is C29H23FN6O. The molecule has 3 atom stereocenters. The maximum atomic E-state index is 13.4. The van der Waals surface area contributed by atoms with Crippen molar-refractivity contribution in [1.29, 1.82) is 5.26 Å².